The van der Waals surface area contributed by atoms with Crippen molar-refractivity contribution in [2.24, 2.45) is 4.99 Å². The Morgan fingerprint density at radius 3 is 2.78 bits per heavy atom. The molecule has 0 bridgehead atoms. The van der Waals surface area contributed by atoms with Crippen LogP contribution in [-0.2, 0) is 24.2 Å². The molecule has 0 saturated carbocycles. The van der Waals surface area contributed by atoms with Crippen LogP contribution in [0.5, 0.6) is 0 Å². The number of nitrogens with zero attached hydrogens (tertiary/aromatic N) is 3. The van der Waals surface area contributed by atoms with Crippen molar-refractivity contribution < 1.29 is 4.79 Å². The summed E-state index contributed by atoms with van der Waals surface area (Å²) in [6.45, 7) is 2.35. The highest BCUT2D eigenvalue weighted by Crippen LogP contribution is 2.18. The molecule has 0 atom stereocenters. The lowest BCUT2D eigenvalue weighted by Gasteiger charge is -2.29. The molecule has 2 N–H and O–H groups in total. The van der Waals surface area contributed by atoms with Crippen LogP contribution in [0.15, 0.2) is 47.6 Å². The Bertz CT molecular complexity index is 806. The van der Waals surface area contributed by atoms with Gasteiger partial charge in [-0.15, -0.1) is 0 Å². The molecule has 142 valence electrons. The minimum Gasteiger partial charge on any atom is -0.356 e. The molecule has 2 heterocycles. The summed E-state index contributed by atoms with van der Waals surface area (Å²) in [5.41, 5.74) is 3.66. The van der Waals surface area contributed by atoms with E-state index in [0.717, 1.165) is 24.9 Å². The molecule has 1 aromatic carbocycles. The van der Waals surface area contributed by atoms with E-state index in [1.807, 2.05) is 23.1 Å². The third-order valence-corrected chi connectivity index (χ3v) is 4.83. The van der Waals surface area contributed by atoms with Crippen LogP contribution in [0.4, 0.5) is 0 Å². The molecule has 6 nitrogen and oxygen atoms in total. The second-order valence-corrected chi connectivity index (χ2v) is 6.81. The first-order chi connectivity index (χ1) is 13.2. The van der Waals surface area contributed by atoms with Crippen LogP contribution in [-0.4, -0.2) is 48.4 Å². The van der Waals surface area contributed by atoms with E-state index in [2.05, 4.69) is 32.7 Å². The number of pyridine rings is 1. The van der Waals surface area contributed by atoms with Gasteiger partial charge in [0.2, 0.25) is 5.91 Å². The van der Waals surface area contributed by atoms with E-state index >= 15 is 0 Å². The molecule has 0 fully saturated rings. The van der Waals surface area contributed by atoms with Crippen molar-refractivity contribution >= 4 is 23.5 Å². The van der Waals surface area contributed by atoms with Gasteiger partial charge < -0.3 is 15.5 Å². The quantitative estimate of drug-likeness (QED) is 0.469. The standard InChI is InChI=1S/C20H24ClN5O/c1-22-20(23-10-8-15-6-7-18(21)24-12-15)25-13-19(27)26-11-9-16-4-2-3-5-17(16)14-26/h2-7,12H,8-11,13-14H2,1H3,(H2,22,23,25). The number of fused-ring (bicyclic) bond motifs is 1. The number of amides is 1. The van der Waals surface area contributed by atoms with Crippen LogP contribution in [0.1, 0.15) is 16.7 Å². The Morgan fingerprint density at radius 1 is 1.22 bits per heavy atom. The lowest BCUT2D eigenvalue weighted by molar-refractivity contribution is -0.130. The summed E-state index contributed by atoms with van der Waals surface area (Å²) in [5.74, 6) is 0.692. The normalized spacial score (nSPS) is 13.9. The molecular formula is C20H24ClN5O. The molecule has 0 radical (unpaired) electrons. The lowest BCUT2D eigenvalue weighted by atomic mass is 10.00. The monoisotopic (exact) mass is 385 g/mol. The van der Waals surface area contributed by atoms with Gasteiger partial charge in [-0.2, -0.15) is 0 Å². The highest BCUT2D eigenvalue weighted by atomic mass is 35.5. The van der Waals surface area contributed by atoms with Gasteiger partial charge in [0.05, 0.1) is 6.54 Å². The Hall–Kier alpha value is -2.60. The van der Waals surface area contributed by atoms with Crippen LogP contribution < -0.4 is 10.6 Å². The average Bonchev–Trinajstić information content (AvgIpc) is 2.71. The summed E-state index contributed by atoms with van der Waals surface area (Å²) >= 11 is 5.79. The number of aliphatic imine (C=N–C) groups is 1. The van der Waals surface area contributed by atoms with Crippen LogP contribution in [0.2, 0.25) is 5.15 Å². The van der Waals surface area contributed by atoms with Gasteiger partial charge in [0.1, 0.15) is 5.15 Å². The number of carbonyl (C=O) groups excluding carboxylic acids is 1. The summed E-state index contributed by atoms with van der Waals surface area (Å²) in [6, 6.07) is 12.0. The van der Waals surface area contributed by atoms with Gasteiger partial charge >= 0.3 is 0 Å². The summed E-state index contributed by atoms with van der Waals surface area (Å²) in [6.07, 6.45) is 3.46. The molecule has 1 aliphatic rings. The number of benzene rings is 1. The summed E-state index contributed by atoms with van der Waals surface area (Å²) in [5, 5.41) is 6.80. The third kappa shape index (κ3) is 5.44. The van der Waals surface area contributed by atoms with Gasteiger partial charge in [-0.1, -0.05) is 41.9 Å². The van der Waals surface area contributed by atoms with Crippen molar-refractivity contribution in [3.63, 3.8) is 0 Å². The number of aromatic nitrogens is 1. The number of nitrogens with one attached hydrogen (secondary N) is 2. The fourth-order valence-electron chi connectivity index (χ4n) is 3.08. The zero-order valence-electron chi connectivity index (χ0n) is 15.4. The van der Waals surface area contributed by atoms with Crippen molar-refractivity contribution in [3.8, 4) is 0 Å². The molecule has 3 rings (SSSR count). The summed E-state index contributed by atoms with van der Waals surface area (Å²) in [4.78, 5) is 22.6. The smallest absolute Gasteiger partial charge is 0.242 e. The molecule has 27 heavy (non-hydrogen) atoms. The topological polar surface area (TPSA) is 69.6 Å². The van der Waals surface area contributed by atoms with Gasteiger partial charge in [-0.05, 0) is 35.6 Å². The van der Waals surface area contributed by atoms with Crippen molar-refractivity contribution in [1.29, 1.82) is 0 Å². The first-order valence-electron chi connectivity index (χ1n) is 9.05. The predicted molar refractivity (Wildman–Crippen MR) is 108 cm³/mol. The fraction of sp³-hybridized carbons (Fsp3) is 0.350. The summed E-state index contributed by atoms with van der Waals surface area (Å²) < 4.78 is 0. The van der Waals surface area contributed by atoms with E-state index in [1.165, 1.54) is 11.1 Å². The molecule has 7 heteroatoms. The number of halogens is 1. The van der Waals surface area contributed by atoms with Crippen LogP contribution in [0.3, 0.4) is 0 Å². The molecule has 0 spiro atoms. The SMILES string of the molecule is CN=C(NCCc1ccc(Cl)nc1)NCC(=O)N1CCc2ccccc2C1. The molecule has 2 aromatic rings. The largest absolute Gasteiger partial charge is 0.356 e. The van der Waals surface area contributed by atoms with E-state index in [1.54, 1.807) is 19.3 Å². The zero-order valence-corrected chi connectivity index (χ0v) is 16.2. The second kappa shape index (κ2) is 9.37. The second-order valence-electron chi connectivity index (χ2n) is 6.43. The number of guanidine groups is 1. The number of rotatable bonds is 5. The van der Waals surface area contributed by atoms with Gasteiger partial charge in [-0.3, -0.25) is 9.79 Å². The Labute approximate surface area is 164 Å². The highest BCUT2D eigenvalue weighted by molar-refractivity contribution is 6.29. The maximum Gasteiger partial charge on any atom is 0.242 e. The summed E-state index contributed by atoms with van der Waals surface area (Å²) in [7, 11) is 1.70. The van der Waals surface area contributed by atoms with Crippen molar-refractivity contribution in [2.75, 3.05) is 26.7 Å². The first kappa shape index (κ1) is 19.2. The molecule has 1 aromatic heterocycles. The molecule has 1 aliphatic heterocycles. The average molecular weight is 386 g/mol. The molecule has 0 unspecified atom stereocenters. The maximum atomic E-state index is 12.5. The highest BCUT2D eigenvalue weighted by Gasteiger charge is 2.20. The molecule has 0 saturated heterocycles. The van der Waals surface area contributed by atoms with E-state index in [0.29, 0.717) is 24.2 Å². The number of hydrogen-bond donors (Lipinski definition) is 2. The van der Waals surface area contributed by atoms with Crippen LogP contribution in [0, 0.1) is 0 Å². The van der Waals surface area contributed by atoms with E-state index in [9.17, 15) is 4.79 Å². The lowest BCUT2D eigenvalue weighted by Crippen LogP contribution is -2.46. The van der Waals surface area contributed by atoms with E-state index in [4.69, 9.17) is 11.6 Å². The Morgan fingerprint density at radius 2 is 2.04 bits per heavy atom. The molecule has 0 aliphatic carbocycles. The first-order valence-corrected chi connectivity index (χ1v) is 9.43. The third-order valence-electron chi connectivity index (χ3n) is 4.61. The minimum absolute atomic E-state index is 0.0781. The van der Waals surface area contributed by atoms with Gasteiger partial charge in [0.15, 0.2) is 5.96 Å². The number of hydrogen-bond acceptors (Lipinski definition) is 3. The maximum absolute atomic E-state index is 12.5. The van der Waals surface area contributed by atoms with Gasteiger partial charge in [-0.25, -0.2) is 4.98 Å². The van der Waals surface area contributed by atoms with Crippen molar-refractivity contribution in [3.05, 3.63) is 64.4 Å². The fourth-order valence-corrected chi connectivity index (χ4v) is 3.19. The van der Waals surface area contributed by atoms with E-state index < -0.39 is 0 Å². The minimum atomic E-state index is 0.0781. The van der Waals surface area contributed by atoms with Gasteiger partial charge in [0.25, 0.3) is 0 Å². The Balaban J connectivity index is 1.42. The van der Waals surface area contributed by atoms with Crippen LogP contribution >= 0.6 is 11.6 Å². The van der Waals surface area contributed by atoms with Crippen molar-refractivity contribution in [1.82, 2.24) is 20.5 Å². The van der Waals surface area contributed by atoms with Gasteiger partial charge in [0, 0.05) is 32.9 Å². The predicted octanol–water partition coefficient (Wildman–Crippen LogP) is 2.03. The van der Waals surface area contributed by atoms with E-state index in [-0.39, 0.29) is 12.5 Å². The van der Waals surface area contributed by atoms with Crippen LogP contribution in [0.25, 0.3) is 0 Å². The van der Waals surface area contributed by atoms with Crippen molar-refractivity contribution in [2.45, 2.75) is 19.4 Å². The zero-order chi connectivity index (χ0) is 19.1. The number of carbonyl (C=O) groups is 1. The molecular weight excluding hydrogens is 362 g/mol. The molecule has 1 amide bonds. The Kier molecular flexibility index (Phi) is 6.65.